The van der Waals surface area contributed by atoms with Gasteiger partial charge in [-0.2, -0.15) is 5.10 Å². The van der Waals surface area contributed by atoms with Gasteiger partial charge >= 0.3 is 0 Å². The van der Waals surface area contributed by atoms with Gasteiger partial charge in [-0.25, -0.2) is 13.1 Å². The number of nitro benzene ring substituents is 1. The highest BCUT2D eigenvalue weighted by Gasteiger charge is 2.27. The van der Waals surface area contributed by atoms with E-state index in [4.69, 9.17) is 27.9 Å². The van der Waals surface area contributed by atoms with E-state index in [9.17, 15) is 23.3 Å². The number of nitro groups is 1. The van der Waals surface area contributed by atoms with E-state index in [1.165, 1.54) is 10.7 Å². The second kappa shape index (κ2) is 14.8. The first kappa shape index (κ1) is 35.3. The molecule has 0 bridgehead atoms. The summed E-state index contributed by atoms with van der Waals surface area (Å²) in [6.07, 6.45) is 3.78. The number of anilines is 1. The smallest absolute Gasteiger partial charge is 0.292 e. The van der Waals surface area contributed by atoms with Crippen molar-refractivity contribution >= 4 is 61.4 Å². The lowest BCUT2D eigenvalue weighted by atomic mass is 10.1. The van der Waals surface area contributed by atoms with Crippen LogP contribution < -0.4 is 14.8 Å². The number of nitrogens with zero attached hydrogens (tertiary/aromatic N) is 4. The molecule has 0 aliphatic carbocycles. The minimum Gasteiger partial charge on any atom is -0.457 e. The summed E-state index contributed by atoms with van der Waals surface area (Å²) in [6.45, 7) is 4.18. The Morgan fingerprint density at radius 3 is 2.37 bits per heavy atom. The molecule has 2 aromatic heterocycles. The van der Waals surface area contributed by atoms with Gasteiger partial charge in [0.15, 0.2) is 0 Å². The van der Waals surface area contributed by atoms with Crippen LogP contribution in [-0.4, -0.2) is 40.6 Å². The minimum absolute atomic E-state index is 0.0183. The van der Waals surface area contributed by atoms with E-state index in [0.717, 1.165) is 40.5 Å². The van der Waals surface area contributed by atoms with Crippen molar-refractivity contribution in [2.45, 2.75) is 31.7 Å². The zero-order chi connectivity index (χ0) is 36.3. The number of carbonyl (C=O) groups excluding carboxylic acids is 1. The number of nitrogens with one attached hydrogen (secondary N) is 2. The molecule has 6 aromatic rings. The molecule has 15 heteroatoms. The van der Waals surface area contributed by atoms with E-state index in [-0.39, 0.29) is 35.1 Å². The van der Waals surface area contributed by atoms with Gasteiger partial charge in [-0.1, -0.05) is 41.4 Å². The Balaban J connectivity index is 1.24. The van der Waals surface area contributed by atoms with Crippen LogP contribution in [0.2, 0.25) is 10.0 Å². The number of hydrogen-bond donors (Lipinski definition) is 2. The molecule has 1 amide bonds. The fraction of sp³-hybridized carbons (Fsp3) is 0.139. The van der Waals surface area contributed by atoms with Gasteiger partial charge < -0.3 is 10.1 Å². The molecule has 2 heterocycles. The zero-order valence-electron chi connectivity index (χ0n) is 27.3. The molecular weight excluding hydrogens is 715 g/mol. The molecule has 0 saturated carbocycles. The van der Waals surface area contributed by atoms with E-state index in [2.05, 4.69) is 20.1 Å². The molecule has 0 atom stereocenters. The van der Waals surface area contributed by atoms with Gasteiger partial charge in [0.2, 0.25) is 0 Å². The number of ether oxygens (including phenoxy) is 1. The van der Waals surface area contributed by atoms with Gasteiger partial charge in [0.1, 0.15) is 22.9 Å². The second-order valence-electron chi connectivity index (χ2n) is 11.7. The Morgan fingerprint density at radius 1 is 0.941 bits per heavy atom. The monoisotopic (exact) mass is 744 g/mol. The van der Waals surface area contributed by atoms with Crippen LogP contribution in [0.4, 0.5) is 11.4 Å². The van der Waals surface area contributed by atoms with Crippen molar-refractivity contribution in [2.24, 2.45) is 0 Å². The summed E-state index contributed by atoms with van der Waals surface area (Å²) in [6, 6.07) is 22.5. The fourth-order valence-electron chi connectivity index (χ4n) is 5.50. The average molecular weight is 746 g/mol. The van der Waals surface area contributed by atoms with Crippen molar-refractivity contribution in [1.29, 1.82) is 0 Å². The number of benzene rings is 4. The van der Waals surface area contributed by atoms with Gasteiger partial charge in [0, 0.05) is 40.4 Å². The van der Waals surface area contributed by atoms with E-state index >= 15 is 0 Å². The molecule has 0 aliphatic heterocycles. The van der Waals surface area contributed by atoms with Gasteiger partial charge in [0.05, 0.1) is 21.9 Å². The highest BCUT2D eigenvalue weighted by molar-refractivity contribution is 7.90. The molecule has 0 radical (unpaired) electrons. The molecule has 0 fully saturated rings. The summed E-state index contributed by atoms with van der Waals surface area (Å²) in [7, 11) is -4.51. The third kappa shape index (κ3) is 8.12. The molecule has 6 rings (SSSR count). The summed E-state index contributed by atoms with van der Waals surface area (Å²) >= 11 is 12.6. The molecule has 0 aliphatic rings. The van der Waals surface area contributed by atoms with Crippen molar-refractivity contribution in [2.75, 3.05) is 11.9 Å². The molecule has 260 valence electrons. The number of halogens is 2. The van der Waals surface area contributed by atoms with Crippen LogP contribution >= 0.6 is 23.2 Å². The highest BCUT2D eigenvalue weighted by atomic mass is 35.5. The van der Waals surface area contributed by atoms with E-state index in [0.29, 0.717) is 38.9 Å². The lowest BCUT2D eigenvalue weighted by molar-refractivity contribution is -0.384. The van der Waals surface area contributed by atoms with E-state index < -0.39 is 20.9 Å². The number of amides is 1. The first-order valence-corrected chi connectivity index (χ1v) is 17.8. The second-order valence-corrected chi connectivity index (χ2v) is 14.2. The van der Waals surface area contributed by atoms with Crippen LogP contribution in [0, 0.1) is 24.0 Å². The first-order chi connectivity index (χ1) is 24.4. The largest absolute Gasteiger partial charge is 0.457 e. The topological polar surface area (TPSA) is 158 Å². The van der Waals surface area contributed by atoms with Crippen molar-refractivity contribution in [3.63, 3.8) is 0 Å². The standard InChI is InChI=1S/C36H30Cl2N6O6S/c1-22-16-28(17-23(2)34(22)38)50-27-8-5-25(6-9-27)21-43-35(30-18-26(37)7-11-31(30)41-43)36(45)42-51(48,49)29-10-12-33(44(46)47)32(19-29)40-15-13-24-4-3-14-39-20-24/h3-12,14,16-20,40H,13,15,21H2,1-2H3,(H,42,45). The van der Waals surface area contributed by atoms with E-state index in [1.54, 1.807) is 42.7 Å². The van der Waals surface area contributed by atoms with Crippen LogP contribution in [0.1, 0.15) is 32.7 Å². The number of sulfonamides is 1. The van der Waals surface area contributed by atoms with Gasteiger partial charge in [0.25, 0.3) is 21.6 Å². The summed E-state index contributed by atoms with van der Waals surface area (Å²) < 4.78 is 36.7. The van der Waals surface area contributed by atoms with E-state index in [1.807, 2.05) is 44.2 Å². The van der Waals surface area contributed by atoms with Crippen LogP contribution in [0.5, 0.6) is 11.5 Å². The molecule has 2 N–H and O–H groups in total. The maximum absolute atomic E-state index is 13.8. The normalized spacial score (nSPS) is 11.4. The van der Waals surface area contributed by atoms with Crippen LogP contribution in [-0.2, 0) is 23.0 Å². The Morgan fingerprint density at radius 2 is 1.69 bits per heavy atom. The average Bonchev–Trinajstić information content (AvgIpc) is 3.45. The minimum atomic E-state index is -4.51. The molecule has 4 aromatic carbocycles. The van der Waals surface area contributed by atoms with Crippen molar-refractivity contribution in [3.8, 4) is 11.5 Å². The Labute approximate surface area is 303 Å². The third-order valence-electron chi connectivity index (χ3n) is 7.97. The predicted octanol–water partition coefficient (Wildman–Crippen LogP) is 7.88. The maximum Gasteiger partial charge on any atom is 0.292 e. The number of hydrogen-bond acceptors (Lipinski definition) is 9. The molecule has 0 saturated heterocycles. The number of pyridine rings is 1. The summed E-state index contributed by atoms with van der Waals surface area (Å²) in [5.41, 5.74) is 3.47. The highest BCUT2D eigenvalue weighted by Crippen LogP contribution is 2.31. The Kier molecular flexibility index (Phi) is 10.2. The quantitative estimate of drug-likeness (QED) is 0.0939. The summed E-state index contributed by atoms with van der Waals surface area (Å²) in [5.74, 6) is 0.256. The van der Waals surface area contributed by atoms with Crippen LogP contribution in [0.25, 0.3) is 10.9 Å². The number of rotatable bonds is 12. The number of aryl methyl sites for hydroxylation is 2. The molecule has 51 heavy (non-hydrogen) atoms. The van der Waals surface area contributed by atoms with Crippen LogP contribution in [0.15, 0.2) is 102 Å². The predicted molar refractivity (Wildman–Crippen MR) is 195 cm³/mol. The van der Waals surface area contributed by atoms with Gasteiger partial charge in [-0.05, 0) is 103 Å². The van der Waals surface area contributed by atoms with Crippen molar-refractivity contribution < 1.29 is 22.9 Å². The van der Waals surface area contributed by atoms with Gasteiger partial charge in [-0.3, -0.25) is 24.6 Å². The van der Waals surface area contributed by atoms with Gasteiger partial charge in [-0.15, -0.1) is 0 Å². The lowest BCUT2D eigenvalue weighted by Crippen LogP contribution is -2.32. The summed E-state index contributed by atoms with van der Waals surface area (Å²) in [4.78, 5) is 28.6. The van der Waals surface area contributed by atoms with Crippen LogP contribution in [0.3, 0.4) is 0 Å². The fourth-order valence-corrected chi connectivity index (χ4v) is 6.76. The summed E-state index contributed by atoms with van der Waals surface area (Å²) in [5, 5.41) is 20.6. The number of carbonyl (C=O) groups is 1. The first-order valence-electron chi connectivity index (χ1n) is 15.6. The Bertz CT molecular complexity index is 2360. The lowest BCUT2D eigenvalue weighted by Gasteiger charge is -2.13. The molecule has 0 unspecified atom stereocenters. The van der Waals surface area contributed by atoms with Crippen molar-refractivity contribution in [1.82, 2.24) is 19.5 Å². The third-order valence-corrected chi connectivity index (χ3v) is 10.1. The number of fused-ring (bicyclic) bond motifs is 1. The zero-order valence-corrected chi connectivity index (χ0v) is 29.6. The van der Waals surface area contributed by atoms with Crippen molar-refractivity contribution in [3.05, 3.63) is 145 Å². The molecule has 12 nitrogen and oxygen atoms in total. The molecular formula is C36H30Cl2N6O6S. The molecule has 0 spiro atoms. The maximum atomic E-state index is 13.8. The number of aromatic nitrogens is 3. The SMILES string of the molecule is Cc1cc(Oc2ccc(Cn3nc4ccc(Cl)cc4c3C(=O)NS(=O)(=O)c3ccc([N+](=O)[O-])c(NCCc4cccnc4)c3)cc2)cc(C)c1Cl. The Hall–Kier alpha value is -5.50.